The van der Waals surface area contributed by atoms with Crippen LogP contribution in [0.5, 0.6) is 0 Å². The molecule has 2 rings (SSSR count). The van der Waals surface area contributed by atoms with Gasteiger partial charge in [-0.05, 0) is 44.9 Å². The molecule has 0 aromatic heterocycles. The average molecular weight is 342 g/mol. The lowest BCUT2D eigenvalue weighted by Gasteiger charge is -2.32. The van der Waals surface area contributed by atoms with Crippen LogP contribution in [0, 0.1) is 0 Å². The van der Waals surface area contributed by atoms with Crippen LogP contribution in [0.1, 0.15) is 6.42 Å². The lowest BCUT2D eigenvalue weighted by atomic mass is 10.2. The number of para-hydroxylation sites is 1. The first-order chi connectivity index (χ1) is 10.4. The maximum atomic E-state index is 11.8. The molecule has 1 saturated heterocycles. The monoisotopic (exact) mass is 341 g/mol. The van der Waals surface area contributed by atoms with Crippen molar-refractivity contribution in [1.82, 2.24) is 9.80 Å². The third-order valence-electron chi connectivity index (χ3n) is 3.72. The van der Waals surface area contributed by atoms with Gasteiger partial charge >= 0.3 is 0 Å². The summed E-state index contributed by atoms with van der Waals surface area (Å²) in [5.41, 5.74) is 0.920. The molecule has 5 nitrogen and oxygen atoms in total. The van der Waals surface area contributed by atoms with Gasteiger partial charge in [-0.1, -0.05) is 18.2 Å². The van der Waals surface area contributed by atoms with Crippen LogP contribution in [0.2, 0.25) is 0 Å². The Morgan fingerprint density at radius 3 is 2.50 bits per heavy atom. The van der Waals surface area contributed by atoms with Crippen LogP contribution in [0.3, 0.4) is 0 Å². The predicted octanol–water partition coefficient (Wildman–Crippen LogP) is 1.43. The van der Waals surface area contributed by atoms with Gasteiger partial charge in [0.2, 0.25) is 0 Å². The van der Waals surface area contributed by atoms with Crippen LogP contribution in [-0.2, 0) is 9.84 Å². The van der Waals surface area contributed by atoms with Crippen LogP contribution in [-0.4, -0.2) is 68.1 Å². The van der Waals surface area contributed by atoms with E-state index in [2.05, 4.69) is 10.2 Å². The maximum absolute atomic E-state index is 11.8. The zero-order chi connectivity index (χ0) is 16.2. The summed E-state index contributed by atoms with van der Waals surface area (Å²) in [4.78, 5) is 4.09. The number of hydrogen-bond acceptors (Lipinski definition) is 4. The number of hydrogen-bond donors (Lipinski definition) is 1. The minimum atomic E-state index is -2.93. The fraction of sp³-hybridized carbons (Fsp3) is 0.533. The summed E-state index contributed by atoms with van der Waals surface area (Å²) >= 11 is 5.52. The van der Waals surface area contributed by atoms with Gasteiger partial charge in [-0.2, -0.15) is 0 Å². The zero-order valence-electron chi connectivity index (χ0n) is 13.0. The Balaban J connectivity index is 2.08. The number of thiocarbonyl (C=S) groups is 1. The molecule has 22 heavy (non-hydrogen) atoms. The Kier molecular flexibility index (Phi) is 5.77. The molecule has 0 unspecified atom stereocenters. The number of nitrogens with one attached hydrogen (secondary N) is 1. The quantitative estimate of drug-likeness (QED) is 0.818. The van der Waals surface area contributed by atoms with Gasteiger partial charge in [0, 0.05) is 24.8 Å². The first-order valence-corrected chi connectivity index (χ1v) is 9.58. The van der Waals surface area contributed by atoms with Crippen LogP contribution in [0.15, 0.2) is 30.3 Å². The van der Waals surface area contributed by atoms with Crippen molar-refractivity contribution < 1.29 is 8.42 Å². The summed E-state index contributed by atoms with van der Waals surface area (Å²) in [5.74, 6) is 0.446. The molecule has 122 valence electrons. The van der Waals surface area contributed by atoms with Crippen LogP contribution >= 0.6 is 12.2 Å². The summed E-state index contributed by atoms with van der Waals surface area (Å²) in [6, 6.07) is 9.68. The molecular weight excluding hydrogens is 318 g/mol. The molecule has 0 bridgehead atoms. The van der Waals surface area contributed by atoms with E-state index in [9.17, 15) is 8.42 Å². The Morgan fingerprint density at radius 1 is 1.27 bits per heavy atom. The van der Waals surface area contributed by atoms with Gasteiger partial charge in [-0.15, -0.1) is 0 Å². The maximum Gasteiger partial charge on any atom is 0.173 e. The number of sulfone groups is 1. The third kappa shape index (κ3) is 4.93. The molecule has 1 aromatic carbocycles. The molecule has 0 spiro atoms. The van der Waals surface area contributed by atoms with Crippen LogP contribution in [0.25, 0.3) is 0 Å². The van der Waals surface area contributed by atoms with Crippen molar-refractivity contribution in [2.75, 3.05) is 44.0 Å². The van der Waals surface area contributed by atoms with Gasteiger partial charge in [0.05, 0.1) is 11.5 Å². The molecule has 0 radical (unpaired) electrons. The van der Waals surface area contributed by atoms with Crippen molar-refractivity contribution in [3.63, 3.8) is 0 Å². The summed E-state index contributed by atoms with van der Waals surface area (Å²) in [7, 11) is 1.07. The van der Waals surface area contributed by atoms with Crippen molar-refractivity contribution in [3.05, 3.63) is 30.3 Å². The molecule has 0 aliphatic carbocycles. The zero-order valence-corrected chi connectivity index (χ0v) is 14.7. The molecule has 0 saturated carbocycles. The highest BCUT2D eigenvalue weighted by Crippen LogP contribution is 2.19. The molecule has 1 atom stereocenters. The molecule has 1 heterocycles. The first-order valence-electron chi connectivity index (χ1n) is 7.35. The van der Waals surface area contributed by atoms with E-state index in [0.29, 0.717) is 18.1 Å². The molecule has 1 N–H and O–H groups in total. The average Bonchev–Trinajstić information content (AvgIpc) is 2.80. The standard InChI is InChI=1S/C15H23N3O2S2/c1-17(2)9-10-18(14-8-11-22(19,20)12-14)15(21)16-13-6-4-3-5-7-13/h3-7,14H,8-12H2,1-2H3,(H,16,21)/t14-/m1/s1. The van der Waals surface area contributed by atoms with Crippen LogP contribution in [0.4, 0.5) is 5.69 Å². The molecule has 1 aromatic rings. The highest BCUT2D eigenvalue weighted by molar-refractivity contribution is 7.91. The Labute approximate surface area is 138 Å². The highest BCUT2D eigenvalue weighted by Gasteiger charge is 2.33. The minimum Gasteiger partial charge on any atom is -0.344 e. The van der Waals surface area contributed by atoms with E-state index in [-0.39, 0.29) is 17.5 Å². The van der Waals surface area contributed by atoms with Gasteiger partial charge in [0.25, 0.3) is 0 Å². The van der Waals surface area contributed by atoms with Gasteiger partial charge in [-0.25, -0.2) is 8.42 Å². The fourth-order valence-electron chi connectivity index (χ4n) is 2.50. The van der Waals surface area contributed by atoms with Crippen molar-refractivity contribution in [1.29, 1.82) is 0 Å². The molecule has 0 amide bonds. The van der Waals surface area contributed by atoms with E-state index >= 15 is 0 Å². The number of likely N-dealkylation sites (N-methyl/N-ethyl adjacent to an activating group) is 1. The summed E-state index contributed by atoms with van der Waals surface area (Å²) in [6.07, 6.45) is 0.645. The third-order valence-corrected chi connectivity index (χ3v) is 5.81. The van der Waals surface area contributed by atoms with Crippen molar-refractivity contribution in [2.45, 2.75) is 12.5 Å². The summed E-state index contributed by atoms with van der Waals surface area (Å²) in [6.45, 7) is 1.54. The number of nitrogens with zero attached hydrogens (tertiary/aromatic N) is 2. The SMILES string of the molecule is CN(C)CCN(C(=S)Nc1ccccc1)[C@@H]1CCS(=O)(=O)C1. The van der Waals surface area contributed by atoms with Crippen molar-refractivity contribution in [2.24, 2.45) is 0 Å². The van der Waals surface area contributed by atoms with E-state index in [1.54, 1.807) is 0 Å². The Morgan fingerprint density at radius 2 is 1.95 bits per heavy atom. The predicted molar refractivity (Wildman–Crippen MR) is 95.0 cm³/mol. The van der Waals surface area contributed by atoms with Crippen molar-refractivity contribution in [3.8, 4) is 0 Å². The lowest BCUT2D eigenvalue weighted by Crippen LogP contribution is -2.46. The summed E-state index contributed by atoms with van der Waals surface area (Å²) < 4.78 is 23.5. The van der Waals surface area contributed by atoms with Gasteiger partial charge in [-0.3, -0.25) is 0 Å². The van der Waals surface area contributed by atoms with Gasteiger partial charge < -0.3 is 15.1 Å². The fourth-order valence-corrected chi connectivity index (χ4v) is 4.58. The highest BCUT2D eigenvalue weighted by atomic mass is 32.2. The second-order valence-electron chi connectivity index (χ2n) is 5.85. The Hall–Kier alpha value is -1.18. The smallest absolute Gasteiger partial charge is 0.173 e. The second kappa shape index (κ2) is 7.39. The number of benzene rings is 1. The Bertz CT molecular complexity index is 602. The van der Waals surface area contributed by atoms with Gasteiger partial charge in [0.1, 0.15) is 0 Å². The largest absolute Gasteiger partial charge is 0.344 e. The van der Waals surface area contributed by atoms with Gasteiger partial charge in [0.15, 0.2) is 14.9 Å². The number of rotatable bonds is 5. The molecule has 1 fully saturated rings. The van der Waals surface area contributed by atoms with Crippen molar-refractivity contribution >= 4 is 32.9 Å². The van der Waals surface area contributed by atoms with E-state index in [0.717, 1.165) is 12.2 Å². The molecule has 7 heteroatoms. The van der Waals surface area contributed by atoms with Crippen LogP contribution < -0.4 is 5.32 Å². The van der Waals surface area contributed by atoms with E-state index in [1.807, 2.05) is 49.3 Å². The summed E-state index contributed by atoms with van der Waals surface area (Å²) in [5, 5.41) is 3.81. The van der Waals surface area contributed by atoms with E-state index in [1.165, 1.54) is 0 Å². The minimum absolute atomic E-state index is 0.0336. The van der Waals surface area contributed by atoms with E-state index < -0.39 is 9.84 Å². The second-order valence-corrected chi connectivity index (χ2v) is 8.47. The number of anilines is 1. The molecule has 1 aliphatic rings. The first kappa shape index (κ1) is 17.2. The van der Waals surface area contributed by atoms with E-state index in [4.69, 9.17) is 12.2 Å². The topological polar surface area (TPSA) is 52.6 Å². The molecule has 1 aliphatic heterocycles. The lowest BCUT2D eigenvalue weighted by molar-refractivity contribution is 0.289. The molecular formula is C15H23N3O2S2. The normalized spacial score (nSPS) is 20.0.